The average molecular weight is 324 g/mol. The Morgan fingerprint density at radius 1 is 1.37 bits per heavy atom. The van der Waals surface area contributed by atoms with Gasteiger partial charge in [0.05, 0.1) is 19.4 Å². The number of nitrogens with zero attached hydrogens (tertiary/aromatic N) is 1. The average Bonchev–Trinajstić information content (AvgIpc) is 3.11. The van der Waals surface area contributed by atoms with Crippen molar-refractivity contribution in [1.82, 2.24) is 10.2 Å². The Hall–Kier alpha value is -1.69. The molecule has 5 nitrogen and oxygen atoms in total. The summed E-state index contributed by atoms with van der Waals surface area (Å²) in [6.07, 6.45) is 4.14. The molecule has 3 rings (SSSR count). The lowest BCUT2D eigenvalue weighted by Gasteiger charge is -2.15. The van der Waals surface area contributed by atoms with Crippen molar-refractivity contribution in [2.75, 3.05) is 12.8 Å². The van der Waals surface area contributed by atoms with E-state index in [-0.39, 0.29) is 6.10 Å². The van der Waals surface area contributed by atoms with Gasteiger partial charge in [0.15, 0.2) is 11.5 Å². The van der Waals surface area contributed by atoms with Gasteiger partial charge in [0.1, 0.15) is 5.82 Å². The Morgan fingerprint density at radius 3 is 2.74 bits per heavy atom. The van der Waals surface area contributed by atoms with E-state index in [2.05, 4.69) is 26.1 Å². The first-order valence-electron chi connectivity index (χ1n) is 6.02. The minimum atomic E-state index is 0.280. The van der Waals surface area contributed by atoms with E-state index in [9.17, 15) is 0 Å². The van der Waals surface area contributed by atoms with E-state index in [4.69, 9.17) is 15.2 Å². The molecule has 0 saturated heterocycles. The van der Waals surface area contributed by atoms with E-state index in [0.29, 0.717) is 11.6 Å². The quantitative estimate of drug-likeness (QED) is 0.907. The summed E-state index contributed by atoms with van der Waals surface area (Å²) in [5.41, 5.74) is 7.59. The second kappa shape index (κ2) is 4.77. The minimum Gasteiger partial charge on any atom is -0.493 e. The number of methoxy groups -OCH3 is 1. The van der Waals surface area contributed by atoms with Gasteiger partial charge < -0.3 is 15.2 Å². The molecule has 0 aliphatic heterocycles. The van der Waals surface area contributed by atoms with Gasteiger partial charge >= 0.3 is 0 Å². The molecule has 19 heavy (non-hydrogen) atoms. The fraction of sp³-hybridized carbons (Fsp3) is 0.308. The van der Waals surface area contributed by atoms with Crippen LogP contribution in [0.4, 0.5) is 5.82 Å². The molecule has 0 amide bonds. The van der Waals surface area contributed by atoms with Crippen LogP contribution in [0.2, 0.25) is 0 Å². The number of aromatic nitrogens is 2. The van der Waals surface area contributed by atoms with Crippen LogP contribution in [0, 0.1) is 0 Å². The molecule has 100 valence electrons. The molecule has 1 heterocycles. The summed E-state index contributed by atoms with van der Waals surface area (Å²) in [6.45, 7) is 0. The third-order valence-electron chi connectivity index (χ3n) is 3.01. The number of nitrogen functional groups attached to an aromatic ring is 1. The van der Waals surface area contributed by atoms with Gasteiger partial charge in [0.2, 0.25) is 0 Å². The van der Waals surface area contributed by atoms with E-state index < -0.39 is 0 Å². The topological polar surface area (TPSA) is 73.2 Å². The van der Waals surface area contributed by atoms with Crippen LogP contribution in [-0.2, 0) is 0 Å². The molecule has 1 fully saturated rings. The number of rotatable bonds is 4. The normalized spacial score (nSPS) is 14.4. The summed E-state index contributed by atoms with van der Waals surface area (Å²) in [5.74, 6) is 1.93. The summed E-state index contributed by atoms with van der Waals surface area (Å²) in [5, 5.41) is 6.69. The Labute approximate surface area is 119 Å². The van der Waals surface area contributed by atoms with Crippen LogP contribution in [0.1, 0.15) is 12.8 Å². The zero-order valence-corrected chi connectivity index (χ0v) is 12.0. The van der Waals surface area contributed by atoms with Gasteiger partial charge in [-0.25, -0.2) is 0 Å². The summed E-state index contributed by atoms with van der Waals surface area (Å²) in [4.78, 5) is 0. The first-order valence-corrected chi connectivity index (χ1v) is 6.81. The minimum absolute atomic E-state index is 0.280. The van der Waals surface area contributed by atoms with Crippen LogP contribution in [0.5, 0.6) is 11.5 Å². The first kappa shape index (κ1) is 12.3. The van der Waals surface area contributed by atoms with Crippen molar-refractivity contribution in [3.63, 3.8) is 0 Å². The second-order valence-corrected chi connectivity index (χ2v) is 5.41. The zero-order chi connectivity index (χ0) is 13.4. The number of ether oxygens (including phenoxy) is 2. The number of aromatic amines is 1. The van der Waals surface area contributed by atoms with Crippen molar-refractivity contribution in [3.05, 3.63) is 22.8 Å². The molecule has 0 unspecified atom stereocenters. The lowest BCUT2D eigenvalue weighted by Crippen LogP contribution is -2.01. The molecule has 6 heteroatoms. The number of nitrogens with one attached hydrogen (secondary N) is 1. The Morgan fingerprint density at radius 2 is 2.16 bits per heavy atom. The molecule has 1 aliphatic rings. The van der Waals surface area contributed by atoms with Crippen LogP contribution in [0.3, 0.4) is 0 Å². The van der Waals surface area contributed by atoms with Gasteiger partial charge in [0, 0.05) is 15.6 Å². The van der Waals surface area contributed by atoms with Crippen LogP contribution in [0.15, 0.2) is 22.8 Å². The maximum absolute atomic E-state index is 5.97. The highest BCUT2D eigenvalue weighted by Crippen LogP contribution is 2.44. The smallest absolute Gasteiger partial charge is 0.169 e. The first-order chi connectivity index (χ1) is 9.19. The molecular weight excluding hydrogens is 310 g/mol. The fourth-order valence-electron chi connectivity index (χ4n) is 1.91. The molecule has 1 aromatic heterocycles. The van der Waals surface area contributed by atoms with Crippen molar-refractivity contribution in [3.8, 4) is 22.6 Å². The monoisotopic (exact) mass is 323 g/mol. The summed E-state index contributed by atoms with van der Waals surface area (Å²) >= 11 is 3.47. The van der Waals surface area contributed by atoms with Gasteiger partial charge in [-0.05, 0) is 25.0 Å². The molecular formula is C13H14BrN3O2. The molecule has 1 aromatic carbocycles. The van der Waals surface area contributed by atoms with Crippen molar-refractivity contribution in [2.45, 2.75) is 18.9 Å². The van der Waals surface area contributed by atoms with Gasteiger partial charge in [-0.15, -0.1) is 0 Å². The third kappa shape index (κ3) is 2.40. The molecule has 0 atom stereocenters. The number of hydrogen-bond acceptors (Lipinski definition) is 4. The van der Waals surface area contributed by atoms with Gasteiger partial charge in [-0.1, -0.05) is 15.9 Å². The Bertz CT molecular complexity index is 608. The molecule has 3 N–H and O–H groups in total. The van der Waals surface area contributed by atoms with Crippen LogP contribution in [-0.4, -0.2) is 23.4 Å². The number of halogens is 1. The maximum atomic E-state index is 5.97. The van der Waals surface area contributed by atoms with Gasteiger partial charge in [-0.2, -0.15) is 5.10 Å². The molecule has 2 aromatic rings. The predicted molar refractivity (Wildman–Crippen MR) is 76.3 cm³/mol. The van der Waals surface area contributed by atoms with Crippen molar-refractivity contribution >= 4 is 21.7 Å². The van der Waals surface area contributed by atoms with Crippen LogP contribution < -0.4 is 15.2 Å². The SMILES string of the molecule is COc1cc(Br)cc(-c2cn[nH]c2N)c1OC1CC1. The van der Waals surface area contributed by atoms with Crippen molar-refractivity contribution < 1.29 is 9.47 Å². The Kier molecular flexibility index (Phi) is 3.10. The number of H-pyrrole nitrogens is 1. The van der Waals surface area contributed by atoms with E-state index in [1.165, 1.54) is 0 Å². The van der Waals surface area contributed by atoms with E-state index in [1.54, 1.807) is 13.3 Å². The standard InChI is InChI=1S/C13H14BrN3O2/c1-18-11-5-7(14)4-9(10-6-16-17-13(10)15)12(11)19-8-2-3-8/h4-6,8H,2-3H2,1H3,(H3,15,16,17). The molecule has 0 spiro atoms. The predicted octanol–water partition coefficient (Wildman–Crippen LogP) is 2.97. The van der Waals surface area contributed by atoms with E-state index in [0.717, 1.165) is 34.2 Å². The highest BCUT2D eigenvalue weighted by Gasteiger charge is 2.27. The molecule has 1 aliphatic carbocycles. The number of benzene rings is 1. The number of nitrogens with two attached hydrogens (primary N) is 1. The third-order valence-corrected chi connectivity index (χ3v) is 3.47. The van der Waals surface area contributed by atoms with Gasteiger partial charge in [0.25, 0.3) is 0 Å². The molecule has 1 saturated carbocycles. The Balaban J connectivity index is 2.14. The largest absolute Gasteiger partial charge is 0.493 e. The summed E-state index contributed by atoms with van der Waals surface area (Å²) < 4.78 is 12.3. The van der Waals surface area contributed by atoms with E-state index >= 15 is 0 Å². The fourth-order valence-corrected chi connectivity index (χ4v) is 2.34. The highest BCUT2D eigenvalue weighted by atomic mass is 79.9. The van der Waals surface area contributed by atoms with Crippen molar-refractivity contribution in [2.24, 2.45) is 0 Å². The zero-order valence-electron chi connectivity index (χ0n) is 10.4. The van der Waals surface area contributed by atoms with Crippen LogP contribution >= 0.6 is 15.9 Å². The lowest BCUT2D eigenvalue weighted by atomic mass is 10.1. The van der Waals surface area contributed by atoms with Crippen molar-refractivity contribution in [1.29, 1.82) is 0 Å². The highest BCUT2D eigenvalue weighted by molar-refractivity contribution is 9.10. The number of hydrogen-bond donors (Lipinski definition) is 2. The van der Waals surface area contributed by atoms with Crippen LogP contribution in [0.25, 0.3) is 11.1 Å². The molecule has 0 radical (unpaired) electrons. The maximum Gasteiger partial charge on any atom is 0.169 e. The second-order valence-electron chi connectivity index (χ2n) is 4.50. The van der Waals surface area contributed by atoms with Gasteiger partial charge in [-0.3, -0.25) is 5.10 Å². The summed E-state index contributed by atoms with van der Waals surface area (Å²) in [7, 11) is 1.63. The molecule has 0 bridgehead atoms. The summed E-state index contributed by atoms with van der Waals surface area (Å²) in [6, 6.07) is 3.85. The lowest BCUT2D eigenvalue weighted by molar-refractivity contribution is 0.283. The van der Waals surface area contributed by atoms with E-state index in [1.807, 2.05) is 12.1 Å². The number of anilines is 1.